The first kappa shape index (κ1) is 18.2. The van der Waals surface area contributed by atoms with Gasteiger partial charge in [0, 0.05) is 24.7 Å². The van der Waals surface area contributed by atoms with E-state index in [2.05, 4.69) is 10.3 Å². The van der Waals surface area contributed by atoms with Crippen LogP contribution in [0.4, 0.5) is 5.69 Å². The summed E-state index contributed by atoms with van der Waals surface area (Å²) in [6, 6.07) is 11.7. The molecule has 1 heterocycles. The minimum atomic E-state index is -0.544. The number of amides is 1. The van der Waals surface area contributed by atoms with E-state index in [1.165, 1.54) is 14.2 Å². The van der Waals surface area contributed by atoms with Crippen molar-refractivity contribution in [1.29, 1.82) is 0 Å². The molecule has 2 aromatic carbocycles. The van der Waals surface area contributed by atoms with Gasteiger partial charge in [0.05, 0.1) is 25.1 Å². The van der Waals surface area contributed by atoms with E-state index >= 15 is 0 Å². The Morgan fingerprint density at radius 1 is 1.07 bits per heavy atom. The van der Waals surface area contributed by atoms with E-state index in [1.54, 1.807) is 42.5 Å². The number of methoxy groups -OCH3 is 2. The molecule has 0 aliphatic carbocycles. The molecule has 0 aliphatic rings. The number of anilines is 1. The quantitative estimate of drug-likeness (QED) is 0.689. The van der Waals surface area contributed by atoms with Gasteiger partial charge in [0.1, 0.15) is 0 Å². The summed E-state index contributed by atoms with van der Waals surface area (Å²) in [7, 11) is 3.02. The van der Waals surface area contributed by atoms with E-state index in [-0.39, 0.29) is 18.9 Å². The number of carbonyl (C=O) groups is 1. The highest BCUT2D eigenvalue weighted by Crippen LogP contribution is 2.29. The molecule has 2 N–H and O–H groups in total. The van der Waals surface area contributed by atoms with Crippen molar-refractivity contribution >= 4 is 22.5 Å². The monoisotopic (exact) mass is 369 g/mol. The molecule has 0 saturated heterocycles. The number of nitrogens with zero attached hydrogens (tertiary/aromatic N) is 1. The average Bonchev–Trinajstić information content (AvgIpc) is 2.67. The van der Waals surface area contributed by atoms with Gasteiger partial charge < -0.3 is 19.8 Å². The van der Waals surface area contributed by atoms with Crippen molar-refractivity contribution in [3.63, 3.8) is 0 Å². The number of para-hydroxylation sites is 1. The lowest BCUT2D eigenvalue weighted by Gasteiger charge is -2.11. The van der Waals surface area contributed by atoms with Gasteiger partial charge >= 0.3 is 5.69 Å². The topological polar surface area (TPSA) is 102 Å². The summed E-state index contributed by atoms with van der Waals surface area (Å²) >= 11 is 0. The molecule has 3 rings (SSSR count). The number of benzene rings is 2. The van der Waals surface area contributed by atoms with E-state index in [1.807, 2.05) is 0 Å². The molecule has 0 saturated carbocycles. The Balaban J connectivity index is 1.74. The van der Waals surface area contributed by atoms with Crippen LogP contribution in [0.25, 0.3) is 10.9 Å². The van der Waals surface area contributed by atoms with Crippen molar-refractivity contribution in [2.24, 2.45) is 0 Å². The van der Waals surface area contributed by atoms with Crippen LogP contribution in [0, 0.1) is 0 Å². The van der Waals surface area contributed by atoms with Crippen LogP contribution in [0.2, 0.25) is 0 Å². The molecule has 8 nitrogen and oxygen atoms in total. The molecule has 27 heavy (non-hydrogen) atoms. The van der Waals surface area contributed by atoms with E-state index in [0.717, 1.165) is 4.57 Å². The van der Waals surface area contributed by atoms with Crippen LogP contribution in [0.1, 0.15) is 6.42 Å². The lowest BCUT2D eigenvalue weighted by molar-refractivity contribution is -0.116. The third-order valence-corrected chi connectivity index (χ3v) is 4.12. The van der Waals surface area contributed by atoms with Gasteiger partial charge in [-0.1, -0.05) is 12.1 Å². The molecule has 0 aliphatic heterocycles. The third-order valence-electron chi connectivity index (χ3n) is 4.12. The van der Waals surface area contributed by atoms with Gasteiger partial charge in [-0.3, -0.25) is 14.2 Å². The number of hydrogen-bond acceptors (Lipinski definition) is 5. The predicted molar refractivity (Wildman–Crippen MR) is 102 cm³/mol. The summed E-state index contributed by atoms with van der Waals surface area (Å²) in [5.41, 5.74) is 0.0295. The highest BCUT2D eigenvalue weighted by molar-refractivity contribution is 5.91. The fourth-order valence-corrected chi connectivity index (χ4v) is 2.75. The normalized spacial score (nSPS) is 10.6. The predicted octanol–water partition coefficient (Wildman–Crippen LogP) is 1.74. The second kappa shape index (κ2) is 7.77. The number of ether oxygens (including phenoxy) is 2. The van der Waals surface area contributed by atoms with Crippen molar-refractivity contribution in [2.75, 3.05) is 19.5 Å². The number of H-pyrrole nitrogens is 1. The van der Waals surface area contributed by atoms with Crippen LogP contribution in [0.5, 0.6) is 11.5 Å². The Bertz CT molecular complexity index is 1100. The van der Waals surface area contributed by atoms with E-state index in [0.29, 0.717) is 28.1 Å². The minimum Gasteiger partial charge on any atom is -0.493 e. The summed E-state index contributed by atoms with van der Waals surface area (Å²) < 4.78 is 11.4. The van der Waals surface area contributed by atoms with Crippen LogP contribution >= 0.6 is 0 Å². The summed E-state index contributed by atoms with van der Waals surface area (Å²) in [5.74, 6) is 0.698. The molecule has 0 fully saturated rings. The first-order valence-electron chi connectivity index (χ1n) is 8.27. The Morgan fingerprint density at radius 3 is 2.56 bits per heavy atom. The molecule has 0 spiro atoms. The largest absolute Gasteiger partial charge is 0.493 e. The summed E-state index contributed by atoms with van der Waals surface area (Å²) in [4.78, 5) is 39.4. The van der Waals surface area contributed by atoms with Crippen LogP contribution in [-0.4, -0.2) is 29.7 Å². The second-order valence-electron chi connectivity index (χ2n) is 5.80. The van der Waals surface area contributed by atoms with E-state index in [9.17, 15) is 14.4 Å². The zero-order chi connectivity index (χ0) is 19.4. The first-order valence-corrected chi connectivity index (χ1v) is 8.27. The number of aromatic nitrogens is 2. The van der Waals surface area contributed by atoms with Crippen LogP contribution in [0.3, 0.4) is 0 Å². The minimum absolute atomic E-state index is 0.0296. The van der Waals surface area contributed by atoms with Crippen LogP contribution in [0.15, 0.2) is 52.1 Å². The fraction of sp³-hybridized carbons (Fsp3) is 0.211. The number of rotatable bonds is 6. The summed E-state index contributed by atoms with van der Waals surface area (Å²) in [5, 5.41) is 3.11. The molecular weight excluding hydrogens is 350 g/mol. The van der Waals surface area contributed by atoms with Crippen LogP contribution < -0.4 is 26.0 Å². The Morgan fingerprint density at radius 2 is 1.81 bits per heavy atom. The fourth-order valence-electron chi connectivity index (χ4n) is 2.75. The maximum atomic E-state index is 12.5. The van der Waals surface area contributed by atoms with Crippen molar-refractivity contribution < 1.29 is 14.3 Å². The SMILES string of the molecule is COc1ccc(NC(=O)CCn2c(=O)[nH]c3ccccc3c2=O)cc1OC. The summed E-state index contributed by atoms with van der Waals surface area (Å²) in [6.45, 7) is -0.0296. The molecule has 140 valence electrons. The lowest BCUT2D eigenvalue weighted by Crippen LogP contribution is -2.36. The molecule has 1 aromatic heterocycles. The highest BCUT2D eigenvalue weighted by Gasteiger charge is 2.11. The van der Waals surface area contributed by atoms with Crippen molar-refractivity contribution in [3.8, 4) is 11.5 Å². The maximum Gasteiger partial charge on any atom is 0.328 e. The molecule has 0 bridgehead atoms. The summed E-state index contributed by atoms with van der Waals surface area (Å²) in [6.07, 6.45) is -0.0321. The van der Waals surface area contributed by atoms with Gasteiger partial charge in [0.25, 0.3) is 5.56 Å². The number of carbonyl (C=O) groups excluding carboxylic acids is 1. The zero-order valence-electron chi connectivity index (χ0n) is 14.9. The van der Waals surface area contributed by atoms with Gasteiger partial charge in [0.2, 0.25) is 5.91 Å². The van der Waals surface area contributed by atoms with E-state index < -0.39 is 11.2 Å². The van der Waals surface area contributed by atoms with Gasteiger partial charge in [-0.2, -0.15) is 0 Å². The molecule has 3 aromatic rings. The number of aromatic amines is 1. The Hall–Kier alpha value is -3.55. The van der Waals surface area contributed by atoms with Gasteiger partial charge in [-0.15, -0.1) is 0 Å². The second-order valence-corrected chi connectivity index (χ2v) is 5.80. The molecule has 1 amide bonds. The molecule has 8 heteroatoms. The maximum absolute atomic E-state index is 12.5. The van der Waals surface area contributed by atoms with Gasteiger partial charge in [-0.05, 0) is 24.3 Å². The van der Waals surface area contributed by atoms with Crippen molar-refractivity contribution in [2.45, 2.75) is 13.0 Å². The van der Waals surface area contributed by atoms with Crippen LogP contribution in [-0.2, 0) is 11.3 Å². The molecule has 0 atom stereocenters. The lowest BCUT2D eigenvalue weighted by atomic mass is 10.2. The van der Waals surface area contributed by atoms with Gasteiger partial charge in [-0.25, -0.2) is 4.79 Å². The van der Waals surface area contributed by atoms with E-state index in [4.69, 9.17) is 9.47 Å². The molecule has 0 unspecified atom stereocenters. The smallest absolute Gasteiger partial charge is 0.328 e. The van der Waals surface area contributed by atoms with Gasteiger partial charge in [0.15, 0.2) is 11.5 Å². The van der Waals surface area contributed by atoms with Crippen molar-refractivity contribution in [3.05, 3.63) is 63.3 Å². The average molecular weight is 369 g/mol. The van der Waals surface area contributed by atoms with Crippen molar-refractivity contribution in [1.82, 2.24) is 9.55 Å². The number of nitrogens with one attached hydrogen (secondary N) is 2. The molecular formula is C19H19N3O5. The zero-order valence-corrected chi connectivity index (χ0v) is 14.9. The Labute approximate surface area is 154 Å². The number of hydrogen-bond donors (Lipinski definition) is 2. The third kappa shape index (κ3) is 3.84. The first-order chi connectivity index (χ1) is 13.0. The number of fused-ring (bicyclic) bond motifs is 1. The molecule has 0 radical (unpaired) electrons. The Kier molecular flexibility index (Phi) is 5.25. The standard InChI is InChI=1S/C19H19N3O5/c1-26-15-8-7-12(11-16(15)27-2)20-17(23)9-10-22-18(24)13-5-3-4-6-14(13)21-19(22)25/h3-8,11H,9-10H2,1-2H3,(H,20,23)(H,21,25). The highest BCUT2D eigenvalue weighted by atomic mass is 16.5.